The lowest BCUT2D eigenvalue weighted by Gasteiger charge is -2.27. The van der Waals surface area contributed by atoms with Crippen LogP contribution in [0.2, 0.25) is 0 Å². The van der Waals surface area contributed by atoms with Gasteiger partial charge in [-0.25, -0.2) is 10.2 Å². The molecule has 0 aromatic heterocycles. The normalized spacial score (nSPS) is 14.4. The molecule has 1 saturated heterocycles. The molecule has 2 rings (SSSR count). The first kappa shape index (κ1) is 17.3. The van der Waals surface area contributed by atoms with E-state index >= 15 is 0 Å². The standard InChI is InChI=1S/C17H26N4O2/c1-3-4-9-18-17(23)20-15-12-14(8-7-13(15)2)16(22)21-11-6-5-10-19-21/h7-8,12,19H,3-6,9-11H2,1-2H3,(H2,18,20,23). The highest BCUT2D eigenvalue weighted by atomic mass is 16.2. The number of benzene rings is 1. The van der Waals surface area contributed by atoms with Crippen molar-refractivity contribution >= 4 is 17.6 Å². The molecule has 0 spiro atoms. The van der Waals surface area contributed by atoms with E-state index in [0.29, 0.717) is 24.3 Å². The van der Waals surface area contributed by atoms with Crippen molar-refractivity contribution in [1.29, 1.82) is 0 Å². The van der Waals surface area contributed by atoms with Gasteiger partial charge in [-0.15, -0.1) is 0 Å². The minimum Gasteiger partial charge on any atom is -0.338 e. The van der Waals surface area contributed by atoms with Crippen molar-refractivity contribution in [1.82, 2.24) is 15.8 Å². The van der Waals surface area contributed by atoms with E-state index in [2.05, 4.69) is 23.0 Å². The van der Waals surface area contributed by atoms with Crippen LogP contribution in [0, 0.1) is 6.92 Å². The van der Waals surface area contributed by atoms with Crippen molar-refractivity contribution in [3.8, 4) is 0 Å². The average Bonchev–Trinajstić information content (AvgIpc) is 2.57. The number of hydrazine groups is 1. The molecule has 0 aliphatic carbocycles. The zero-order valence-electron chi connectivity index (χ0n) is 13.9. The number of unbranched alkanes of at least 4 members (excludes halogenated alkanes) is 1. The third-order valence-electron chi connectivity index (χ3n) is 3.90. The Labute approximate surface area is 137 Å². The maximum Gasteiger partial charge on any atom is 0.319 e. The summed E-state index contributed by atoms with van der Waals surface area (Å²) in [5, 5.41) is 7.29. The molecule has 1 aliphatic heterocycles. The molecule has 1 heterocycles. The molecule has 0 atom stereocenters. The summed E-state index contributed by atoms with van der Waals surface area (Å²) in [6.45, 7) is 6.18. The second-order valence-electron chi connectivity index (χ2n) is 5.84. The van der Waals surface area contributed by atoms with E-state index in [1.807, 2.05) is 13.0 Å². The lowest BCUT2D eigenvalue weighted by atomic mass is 10.1. The summed E-state index contributed by atoms with van der Waals surface area (Å²) < 4.78 is 0. The average molecular weight is 318 g/mol. The Morgan fingerprint density at radius 1 is 1.30 bits per heavy atom. The van der Waals surface area contributed by atoms with E-state index in [1.54, 1.807) is 17.1 Å². The molecule has 0 bridgehead atoms. The third-order valence-corrected chi connectivity index (χ3v) is 3.90. The van der Waals surface area contributed by atoms with Crippen molar-refractivity contribution in [2.75, 3.05) is 25.0 Å². The second-order valence-corrected chi connectivity index (χ2v) is 5.84. The quantitative estimate of drug-likeness (QED) is 0.731. The molecule has 6 heteroatoms. The topological polar surface area (TPSA) is 73.5 Å². The first-order chi connectivity index (χ1) is 11.1. The maximum absolute atomic E-state index is 12.5. The first-order valence-electron chi connectivity index (χ1n) is 8.32. The van der Waals surface area contributed by atoms with Gasteiger partial charge >= 0.3 is 6.03 Å². The summed E-state index contributed by atoms with van der Waals surface area (Å²) >= 11 is 0. The second kappa shape index (κ2) is 8.53. The van der Waals surface area contributed by atoms with Crippen LogP contribution in [-0.4, -0.2) is 36.6 Å². The molecule has 0 radical (unpaired) electrons. The highest BCUT2D eigenvalue weighted by Gasteiger charge is 2.19. The minimum atomic E-state index is -0.234. The minimum absolute atomic E-state index is 0.0564. The van der Waals surface area contributed by atoms with Crippen molar-refractivity contribution in [2.45, 2.75) is 39.5 Å². The Bertz CT molecular complexity index is 554. The number of anilines is 1. The van der Waals surface area contributed by atoms with Gasteiger partial charge in [0.2, 0.25) is 0 Å². The molecule has 1 fully saturated rings. The lowest BCUT2D eigenvalue weighted by Crippen LogP contribution is -2.47. The van der Waals surface area contributed by atoms with Gasteiger partial charge in [0.15, 0.2) is 0 Å². The number of urea groups is 1. The molecule has 126 valence electrons. The summed E-state index contributed by atoms with van der Waals surface area (Å²) in [6, 6.07) is 5.17. The fourth-order valence-corrected chi connectivity index (χ4v) is 2.45. The number of hydrogen-bond donors (Lipinski definition) is 3. The van der Waals surface area contributed by atoms with Crippen LogP contribution in [0.1, 0.15) is 48.5 Å². The Morgan fingerprint density at radius 3 is 2.83 bits per heavy atom. The molecule has 6 nitrogen and oxygen atoms in total. The molecule has 0 unspecified atom stereocenters. The Kier molecular flexibility index (Phi) is 6.40. The van der Waals surface area contributed by atoms with Crippen LogP contribution in [0.5, 0.6) is 0 Å². The van der Waals surface area contributed by atoms with Crippen LogP contribution in [0.4, 0.5) is 10.5 Å². The number of carbonyl (C=O) groups excluding carboxylic acids is 2. The number of amides is 3. The molecular formula is C17H26N4O2. The van der Waals surface area contributed by atoms with E-state index in [4.69, 9.17) is 0 Å². The predicted octanol–water partition coefficient (Wildman–Crippen LogP) is 2.66. The molecule has 1 aliphatic rings. The van der Waals surface area contributed by atoms with E-state index < -0.39 is 0 Å². The summed E-state index contributed by atoms with van der Waals surface area (Å²) in [7, 11) is 0. The van der Waals surface area contributed by atoms with Crippen LogP contribution in [-0.2, 0) is 0 Å². The van der Waals surface area contributed by atoms with Gasteiger partial charge in [0.25, 0.3) is 5.91 Å². The highest BCUT2D eigenvalue weighted by Crippen LogP contribution is 2.18. The van der Waals surface area contributed by atoms with Crippen LogP contribution in [0.25, 0.3) is 0 Å². The largest absolute Gasteiger partial charge is 0.338 e. The van der Waals surface area contributed by atoms with Gasteiger partial charge in [0, 0.05) is 30.9 Å². The summed E-state index contributed by atoms with van der Waals surface area (Å²) in [5.74, 6) is -0.0564. The van der Waals surface area contributed by atoms with Crippen LogP contribution in [0.15, 0.2) is 18.2 Å². The van der Waals surface area contributed by atoms with Crippen LogP contribution >= 0.6 is 0 Å². The van der Waals surface area contributed by atoms with Gasteiger partial charge < -0.3 is 10.6 Å². The molecular weight excluding hydrogens is 292 g/mol. The predicted molar refractivity (Wildman–Crippen MR) is 91.4 cm³/mol. The number of rotatable bonds is 5. The number of nitrogens with one attached hydrogen (secondary N) is 3. The molecule has 1 aromatic carbocycles. The maximum atomic E-state index is 12.5. The molecule has 1 aromatic rings. The molecule has 3 N–H and O–H groups in total. The van der Waals surface area contributed by atoms with Gasteiger partial charge in [0.1, 0.15) is 0 Å². The van der Waals surface area contributed by atoms with Crippen LogP contribution in [0.3, 0.4) is 0 Å². The monoisotopic (exact) mass is 318 g/mol. The van der Waals surface area contributed by atoms with Crippen molar-refractivity contribution in [3.63, 3.8) is 0 Å². The van der Waals surface area contributed by atoms with Crippen LogP contribution < -0.4 is 16.1 Å². The smallest absolute Gasteiger partial charge is 0.319 e. The lowest BCUT2D eigenvalue weighted by molar-refractivity contribution is 0.0611. The number of carbonyl (C=O) groups is 2. The SMILES string of the molecule is CCCCNC(=O)Nc1cc(C(=O)N2CCCCN2)ccc1C. The zero-order chi connectivity index (χ0) is 16.7. The summed E-state index contributed by atoms with van der Waals surface area (Å²) in [4.78, 5) is 24.4. The van der Waals surface area contributed by atoms with Crippen molar-refractivity contribution in [2.24, 2.45) is 0 Å². The number of aryl methyl sites for hydroxylation is 1. The van der Waals surface area contributed by atoms with Gasteiger partial charge in [-0.05, 0) is 43.9 Å². The summed E-state index contributed by atoms with van der Waals surface area (Å²) in [5.41, 5.74) is 5.29. The molecule has 0 saturated carbocycles. The molecule has 3 amide bonds. The van der Waals surface area contributed by atoms with Crippen molar-refractivity contribution < 1.29 is 9.59 Å². The number of nitrogens with zero attached hydrogens (tertiary/aromatic N) is 1. The van der Waals surface area contributed by atoms with Gasteiger partial charge in [-0.2, -0.15) is 0 Å². The highest BCUT2D eigenvalue weighted by molar-refractivity contribution is 5.97. The van der Waals surface area contributed by atoms with E-state index in [1.165, 1.54) is 0 Å². The van der Waals surface area contributed by atoms with Gasteiger partial charge in [-0.3, -0.25) is 9.80 Å². The zero-order valence-corrected chi connectivity index (χ0v) is 13.9. The van der Waals surface area contributed by atoms with E-state index in [0.717, 1.165) is 37.8 Å². The fraction of sp³-hybridized carbons (Fsp3) is 0.529. The Hall–Kier alpha value is -2.08. The first-order valence-corrected chi connectivity index (χ1v) is 8.32. The summed E-state index contributed by atoms with van der Waals surface area (Å²) in [6.07, 6.45) is 4.08. The van der Waals surface area contributed by atoms with Crippen molar-refractivity contribution in [3.05, 3.63) is 29.3 Å². The van der Waals surface area contributed by atoms with Gasteiger partial charge in [0.05, 0.1) is 0 Å². The fourth-order valence-electron chi connectivity index (χ4n) is 2.45. The van der Waals surface area contributed by atoms with E-state index in [-0.39, 0.29) is 11.9 Å². The Morgan fingerprint density at radius 2 is 2.13 bits per heavy atom. The van der Waals surface area contributed by atoms with E-state index in [9.17, 15) is 9.59 Å². The van der Waals surface area contributed by atoms with Gasteiger partial charge in [-0.1, -0.05) is 19.4 Å². The molecule has 23 heavy (non-hydrogen) atoms. The Balaban J connectivity index is 2.03. The number of hydrogen-bond acceptors (Lipinski definition) is 3. The third kappa shape index (κ3) is 4.96.